The zero-order valence-corrected chi connectivity index (χ0v) is 10.3. The van der Waals surface area contributed by atoms with Gasteiger partial charge in [0.15, 0.2) is 5.82 Å². The summed E-state index contributed by atoms with van der Waals surface area (Å²) in [5.41, 5.74) is 0.572. The van der Waals surface area contributed by atoms with Gasteiger partial charge in [-0.2, -0.15) is 0 Å². The Hall–Kier alpha value is -2.50. The molecule has 0 amide bonds. The number of nitrogens with zero attached hydrogens (tertiary/aromatic N) is 3. The molecule has 0 bridgehead atoms. The van der Waals surface area contributed by atoms with Crippen molar-refractivity contribution in [3.8, 4) is 11.4 Å². The van der Waals surface area contributed by atoms with Crippen LogP contribution in [0.2, 0.25) is 0 Å². The maximum atomic E-state index is 13.1. The van der Waals surface area contributed by atoms with E-state index in [1.54, 1.807) is 19.1 Å². The third-order valence-corrected chi connectivity index (χ3v) is 2.24. The van der Waals surface area contributed by atoms with Crippen LogP contribution in [0.1, 0.15) is 6.92 Å². The lowest BCUT2D eigenvalue weighted by atomic mass is 10.2. The third-order valence-electron chi connectivity index (χ3n) is 2.24. The van der Waals surface area contributed by atoms with Gasteiger partial charge in [-0.3, -0.25) is 0 Å². The van der Waals surface area contributed by atoms with Gasteiger partial charge < -0.3 is 4.74 Å². The molecule has 1 heterocycles. The fourth-order valence-corrected chi connectivity index (χ4v) is 1.43. The first-order valence-electron chi connectivity index (χ1n) is 5.71. The third kappa shape index (κ3) is 3.48. The first-order chi connectivity index (χ1) is 9.19. The molecule has 0 spiro atoms. The summed E-state index contributed by atoms with van der Waals surface area (Å²) in [6, 6.07) is 5.98. The van der Waals surface area contributed by atoms with Gasteiger partial charge in [0.05, 0.1) is 6.61 Å². The molecule has 0 saturated carbocycles. The van der Waals surface area contributed by atoms with E-state index in [-0.39, 0.29) is 5.82 Å². The second-order valence-corrected chi connectivity index (χ2v) is 3.63. The van der Waals surface area contributed by atoms with Crippen LogP contribution < -0.4 is 0 Å². The summed E-state index contributed by atoms with van der Waals surface area (Å²) in [4.78, 5) is 15.2. The Bertz CT molecular complexity index is 607. The van der Waals surface area contributed by atoms with Crippen molar-refractivity contribution in [2.45, 2.75) is 6.92 Å². The molecule has 98 valence electrons. The number of rotatable bonds is 4. The van der Waals surface area contributed by atoms with Gasteiger partial charge in [0.1, 0.15) is 12.1 Å². The molecule has 0 fully saturated rings. The molecule has 1 aromatic heterocycles. The average molecular weight is 261 g/mol. The molecule has 2 aromatic rings. The quantitative estimate of drug-likeness (QED) is 0.625. The minimum atomic E-state index is -0.453. The summed E-state index contributed by atoms with van der Waals surface area (Å²) in [6.45, 7) is 2.04. The van der Waals surface area contributed by atoms with Crippen LogP contribution in [-0.2, 0) is 9.53 Å². The largest absolute Gasteiger partial charge is 0.463 e. The summed E-state index contributed by atoms with van der Waals surface area (Å²) in [5, 5.41) is 4.10. The van der Waals surface area contributed by atoms with Gasteiger partial charge in [-0.05, 0) is 19.1 Å². The van der Waals surface area contributed by atoms with Crippen LogP contribution in [0.15, 0.2) is 36.7 Å². The highest BCUT2D eigenvalue weighted by molar-refractivity contribution is 5.84. The lowest BCUT2D eigenvalue weighted by Crippen LogP contribution is -2.00. The molecular weight excluding hydrogens is 249 g/mol. The van der Waals surface area contributed by atoms with Crippen LogP contribution in [0.5, 0.6) is 0 Å². The number of hydrogen-bond acceptors (Lipinski definition) is 4. The van der Waals surface area contributed by atoms with E-state index in [0.29, 0.717) is 18.0 Å². The standard InChI is InChI=1S/C13H12FN3O2/c1-2-19-12(18)6-7-17-9-15-13(16-17)10-4-3-5-11(14)8-10/h3-9H,2H2,1H3/b7-6-. The Morgan fingerprint density at radius 1 is 1.53 bits per heavy atom. The van der Waals surface area contributed by atoms with Crippen LogP contribution in [0.25, 0.3) is 17.6 Å². The van der Waals surface area contributed by atoms with E-state index in [1.807, 2.05) is 0 Å². The van der Waals surface area contributed by atoms with E-state index >= 15 is 0 Å². The van der Waals surface area contributed by atoms with E-state index in [2.05, 4.69) is 10.1 Å². The molecule has 19 heavy (non-hydrogen) atoms. The van der Waals surface area contributed by atoms with E-state index in [4.69, 9.17) is 4.74 Å². The minimum Gasteiger partial charge on any atom is -0.463 e. The summed E-state index contributed by atoms with van der Waals surface area (Å²) < 4.78 is 19.2. The molecule has 0 aliphatic heterocycles. The summed E-state index contributed by atoms with van der Waals surface area (Å²) in [7, 11) is 0. The number of carbonyl (C=O) groups excluding carboxylic acids is 1. The van der Waals surface area contributed by atoms with Crippen LogP contribution in [0, 0.1) is 5.82 Å². The van der Waals surface area contributed by atoms with Crippen LogP contribution in [0.3, 0.4) is 0 Å². The van der Waals surface area contributed by atoms with Gasteiger partial charge in [0.2, 0.25) is 0 Å². The maximum Gasteiger partial charge on any atom is 0.332 e. The molecule has 0 radical (unpaired) electrons. The highest BCUT2D eigenvalue weighted by Gasteiger charge is 2.04. The monoisotopic (exact) mass is 261 g/mol. The van der Waals surface area contributed by atoms with E-state index < -0.39 is 5.97 Å². The van der Waals surface area contributed by atoms with Crippen molar-refractivity contribution in [2.24, 2.45) is 0 Å². The first-order valence-corrected chi connectivity index (χ1v) is 5.71. The minimum absolute atomic E-state index is 0.315. The van der Waals surface area contributed by atoms with Crippen molar-refractivity contribution in [3.63, 3.8) is 0 Å². The Morgan fingerprint density at radius 2 is 2.37 bits per heavy atom. The predicted octanol–water partition coefficient (Wildman–Crippen LogP) is 2.12. The molecule has 0 N–H and O–H groups in total. The average Bonchev–Trinajstić information content (AvgIpc) is 2.85. The Labute approximate surface area is 109 Å². The molecule has 5 nitrogen and oxygen atoms in total. The van der Waals surface area contributed by atoms with E-state index in [0.717, 1.165) is 0 Å². The van der Waals surface area contributed by atoms with E-state index in [9.17, 15) is 9.18 Å². The van der Waals surface area contributed by atoms with Crippen molar-refractivity contribution in [2.75, 3.05) is 6.61 Å². The molecule has 6 heteroatoms. The Kier molecular flexibility index (Phi) is 4.02. The Morgan fingerprint density at radius 3 is 3.11 bits per heavy atom. The van der Waals surface area contributed by atoms with Crippen LogP contribution in [0.4, 0.5) is 4.39 Å². The number of carbonyl (C=O) groups is 1. The lowest BCUT2D eigenvalue weighted by molar-refractivity contribution is -0.137. The predicted molar refractivity (Wildman–Crippen MR) is 67.4 cm³/mol. The molecular formula is C13H12FN3O2. The maximum absolute atomic E-state index is 13.1. The zero-order valence-electron chi connectivity index (χ0n) is 10.3. The number of aromatic nitrogens is 3. The van der Waals surface area contributed by atoms with Crippen LogP contribution >= 0.6 is 0 Å². The second-order valence-electron chi connectivity index (χ2n) is 3.63. The zero-order chi connectivity index (χ0) is 13.7. The summed E-state index contributed by atoms with van der Waals surface area (Å²) in [5.74, 6) is -0.422. The van der Waals surface area contributed by atoms with E-state index in [1.165, 1.54) is 35.4 Å². The van der Waals surface area contributed by atoms with Gasteiger partial charge in [0.25, 0.3) is 0 Å². The van der Waals surface area contributed by atoms with Gasteiger partial charge in [-0.25, -0.2) is 18.9 Å². The molecule has 0 aliphatic rings. The van der Waals surface area contributed by atoms with Crippen LogP contribution in [-0.4, -0.2) is 27.3 Å². The smallest absolute Gasteiger partial charge is 0.332 e. The highest BCUT2D eigenvalue weighted by Crippen LogP contribution is 2.15. The van der Waals surface area contributed by atoms with Gasteiger partial charge >= 0.3 is 5.97 Å². The SMILES string of the molecule is CCOC(=O)/C=C\n1cnc(-c2cccc(F)c2)n1. The number of esters is 1. The fraction of sp³-hybridized carbons (Fsp3) is 0.154. The molecule has 0 atom stereocenters. The fourth-order valence-electron chi connectivity index (χ4n) is 1.43. The van der Waals surface area contributed by atoms with Crippen molar-refractivity contribution in [1.82, 2.24) is 14.8 Å². The normalized spacial score (nSPS) is 10.8. The van der Waals surface area contributed by atoms with Gasteiger partial charge in [-0.1, -0.05) is 12.1 Å². The lowest BCUT2D eigenvalue weighted by Gasteiger charge is -1.95. The topological polar surface area (TPSA) is 57.0 Å². The highest BCUT2D eigenvalue weighted by atomic mass is 19.1. The molecule has 1 aromatic carbocycles. The molecule has 0 saturated heterocycles. The van der Waals surface area contributed by atoms with Crippen molar-refractivity contribution < 1.29 is 13.9 Å². The van der Waals surface area contributed by atoms with Gasteiger partial charge in [0, 0.05) is 17.8 Å². The molecule has 0 aliphatic carbocycles. The number of benzene rings is 1. The summed E-state index contributed by atoms with van der Waals surface area (Å²) in [6.07, 6.45) is 4.09. The number of hydrogen-bond donors (Lipinski definition) is 0. The van der Waals surface area contributed by atoms with Crippen molar-refractivity contribution >= 4 is 12.2 Å². The number of halogens is 1. The van der Waals surface area contributed by atoms with Crippen molar-refractivity contribution in [1.29, 1.82) is 0 Å². The Balaban J connectivity index is 2.13. The first kappa shape index (κ1) is 12.9. The van der Waals surface area contributed by atoms with Gasteiger partial charge in [-0.15, -0.1) is 5.10 Å². The molecule has 0 unspecified atom stereocenters. The number of ether oxygens (including phenoxy) is 1. The summed E-state index contributed by atoms with van der Waals surface area (Å²) >= 11 is 0. The molecule has 2 rings (SSSR count). The second kappa shape index (κ2) is 5.90. The van der Waals surface area contributed by atoms with Crippen molar-refractivity contribution in [3.05, 3.63) is 42.5 Å².